The van der Waals surface area contributed by atoms with E-state index in [4.69, 9.17) is 15.7 Å². The highest BCUT2D eigenvalue weighted by Gasteiger charge is 2.22. The van der Waals surface area contributed by atoms with E-state index in [0.29, 0.717) is 11.3 Å². The first kappa shape index (κ1) is 14.6. The van der Waals surface area contributed by atoms with Gasteiger partial charge in [0.25, 0.3) is 0 Å². The number of methoxy groups -OCH3 is 1. The van der Waals surface area contributed by atoms with Crippen LogP contribution >= 0.6 is 15.9 Å². The number of halogens is 1. The van der Waals surface area contributed by atoms with Crippen molar-refractivity contribution in [1.82, 2.24) is 4.57 Å². The topological polar surface area (TPSA) is 105 Å². The Bertz CT molecular complexity index is 812. The van der Waals surface area contributed by atoms with Crippen LogP contribution in [0.2, 0.25) is 0 Å². The molecule has 21 heavy (non-hydrogen) atoms. The van der Waals surface area contributed by atoms with Crippen LogP contribution in [0.3, 0.4) is 0 Å². The third-order valence-corrected chi connectivity index (χ3v) is 3.38. The molecule has 0 saturated heterocycles. The first-order chi connectivity index (χ1) is 10.0. The predicted molar refractivity (Wildman–Crippen MR) is 78.7 cm³/mol. The van der Waals surface area contributed by atoms with Gasteiger partial charge < -0.3 is 15.0 Å². The Morgan fingerprint density at radius 2 is 2.00 bits per heavy atom. The lowest BCUT2D eigenvalue weighted by Gasteiger charge is -2.10. The van der Waals surface area contributed by atoms with Crippen LogP contribution in [0.5, 0.6) is 0 Å². The minimum absolute atomic E-state index is 0.0212. The van der Waals surface area contributed by atoms with E-state index in [1.165, 1.54) is 17.9 Å². The van der Waals surface area contributed by atoms with E-state index in [1.807, 2.05) is 12.1 Å². The monoisotopic (exact) mass is 344 g/mol. The third-order valence-electron chi connectivity index (χ3n) is 2.88. The Labute approximate surface area is 129 Å². The van der Waals surface area contributed by atoms with Gasteiger partial charge in [-0.3, -0.25) is 0 Å². The molecule has 104 valence electrons. The van der Waals surface area contributed by atoms with Gasteiger partial charge in [-0.05, 0) is 18.2 Å². The van der Waals surface area contributed by atoms with Crippen LogP contribution in [0, 0.1) is 22.7 Å². The minimum atomic E-state index is -0.680. The lowest BCUT2D eigenvalue weighted by molar-refractivity contribution is 0.0593. The summed E-state index contributed by atoms with van der Waals surface area (Å²) in [6, 6.07) is 8.93. The molecule has 1 aromatic heterocycles. The summed E-state index contributed by atoms with van der Waals surface area (Å²) in [6.07, 6.45) is 1.41. The van der Waals surface area contributed by atoms with E-state index in [0.717, 1.165) is 4.47 Å². The van der Waals surface area contributed by atoms with E-state index in [9.17, 15) is 10.1 Å². The molecule has 0 saturated carbocycles. The van der Waals surface area contributed by atoms with Gasteiger partial charge in [0.15, 0.2) is 5.69 Å². The van der Waals surface area contributed by atoms with Crippen LogP contribution in [0.15, 0.2) is 28.9 Å². The number of hydrogen-bond donors (Lipinski definition) is 1. The molecule has 0 amide bonds. The summed E-state index contributed by atoms with van der Waals surface area (Å²) in [5.41, 5.74) is 6.77. The molecule has 0 radical (unpaired) electrons. The molecule has 7 heteroatoms. The van der Waals surface area contributed by atoms with Gasteiger partial charge in [-0.15, -0.1) is 0 Å². The molecule has 6 nitrogen and oxygen atoms in total. The zero-order chi connectivity index (χ0) is 15.6. The van der Waals surface area contributed by atoms with Crippen molar-refractivity contribution in [3.05, 3.63) is 45.7 Å². The number of rotatable bonds is 2. The summed E-state index contributed by atoms with van der Waals surface area (Å²) in [5.74, 6) is -0.680. The molecule has 0 aliphatic rings. The summed E-state index contributed by atoms with van der Waals surface area (Å²) in [4.78, 5) is 11.9. The highest BCUT2D eigenvalue weighted by atomic mass is 79.9. The largest absolute Gasteiger partial charge is 0.464 e. The number of nitrogens with two attached hydrogens (primary N) is 1. The second-order valence-corrected chi connectivity index (χ2v) is 4.97. The number of benzene rings is 1. The average molecular weight is 345 g/mol. The second kappa shape index (κ2) is 5.70. The van der Waals surface area contributed by atoms with E-state index in [1.54, 1.807) is 18.2 Å². The van der Waals surface area contributed by atoms with Gasteiger partial charge in [0.05, 0.1) is 29.6 Å². The molecule has 0 fully saturated rings. The van der Waals surface area contributed by atoms with Gasteiger partial charge >= 0.3 is 5.97 Å². The fraction of sp³-hybridized carbons (Fsp3) is 0.0714. The van der Waals surface area contributed by atoms with Crippen molar-refractivity contribution in [1.29, 1.82) is 10.5 Å². The maximum Gasteiger partial charge on any atom is 0.357 e. The molecule has 0 unspecified atom stereocenters. The Morgan fingerprint density at radius 3 is 2.57 bits per heavy atom. The molecule has 0 aliphatic carbocycles. The Kier molecular flexibility index (Phi) is 3.97. The van der Waals surface area contributed by atoms with Gasteiger partial charge in [0.2, 0.25) is 0 Å². The summed E-state index contributed by atoms with van der Waals surface area (Å²) in [6.45, 7) is 0. The Hall–Kier alpha value is -2.77. The van der Waals surface area contributed by atoms with Crippen molar-refractivity contribution in [3.8, 4) is 17.8 Å². The van der Waals surface area contributed by atoms with Crippen molar-refractivity contribution in [2.75, 3.05) is 12.8 Å². The molecular weight excluding hydrogens is 336 g/mol. The maximum absolute atomic E-state index is 11.9. The molecule has 1 aromatic carbocycles. The third kappa shape index (κ3) is 2.47. The smallest absolute Gasteiger partial charge is 0.357 e. The van der Waals surface area contributed by atoms with Crippen molar-refractivity contribution in [2.24, 2.45) is 0 Å². The van der Waals surface area contributed by atoms with Crippen LogP contribution in [0.1, 0.15) is 21.6 Å². The van der Waals surface area contributed by atoms with Gasteiger partial charge in [-0.25, -0.2) is 4.79 Å². The highest BCUT2D eigenvalue weighted by molar-refractivity contribution is 9.10. The number of carbonyl (C=O) groups is 1. The standard InChI is InChI=1S/C14H9BrN4O2/c1-21-14(20)13-12(18)9(6-17)7-19(13)11-3-2-10(15)4-8(11)5-16/h2-4,7H,18H2,1H3. The fourth-order valence-electron chi connectivity index (χ4n) is 1.91. The number of hydrogen-bond acceptors (Lipinski definition) is 5. The van der Waals surface area contributed by atoms with Crippen molar-refractivity contribution < 1.29 is 9.53 Å². The molecular formula is C14H9BrN4O2. The SMILES string of the molecule is COC(=O)c1c(N)c(C#N)cn1-c1ccc(Br)cc1C#N. The number of anilines is 1. The van der Waals surface area contributed by atoms with E-state index < -0.39 is 5.97 Å². The van der Waals surface area contributed by atoms with Gasteiger partial charge in [-0.1, -0.05) is 15.9 Å². The van der Waals surface area contributed by atoms with Gasteiger partial charge in [-0.2, -0.15) is 10.5 Å². The van der Waals surface area contributed by atoms with Crippen LogP contribution in [0.4, 0.5) is 5.69 Å². The first-order valence-corrected chi connectivity index (χ1v) is 6.52. The van der Waals surface area contributed by atoms with Crippen LogP contribution in [0.25, 0.3) is 5.69 Å². The molecule has 2 aromatic rings. The lowest BCUT2D eigenvalue weighted by atomic mass is 10.2. The lowest BCUT2D eigenvalue weighted by Crippen LogP contribution is -2.11. The molecule has 0 spiro atoms. The maximum atomic E-state index is 11.9. The summed E-state index contributed by atoms with van der Waals surface area (Å²) in [7, 11) is 1.22. The number of nitrogen functional groups attached to an aromatic ring is 1. The quantitative estimate of drug-likeness (QED) is 0.841. The average Bonchev–Trinajstić information content (AvgIpc) is 2.82. The number of nitriles is 2. The number of aromatic nitrogens is 1. The molecule has 0 atom stereocenters. The summed E-state index contributed by atoms with van der Waals surface area (Å²) >= 11 is 3.28. The second-order valence-electron chi connectivity index (χ2n) is 4.05. The van der Waals surface area contributed by atoms with E-state index in [2.05, 4.69) is 15.9 Å². The normalized spacial score (nSPS) is 9.71. The molecule has 0 aliphatic heterocycles. The van der Waals surface area contributed by atoms with E-state index >= 15 is 0 Å². The van der Waals surface area contributed by atoms with Crippen molar-refractivity contribution in [2.45, 2.75) is 0 Å². The molecule has 1 heterocycles. The molecule has 0 bridgehead atoms. The van der Waals surface area contributed by atoms with Crippen molar-refractivity contribution in [3.63, 3.8) is 0 Å². The number of ether oxygens (including phenoxy) is 1. The highest BCUT2D eigenvalue weighted by Crippen LogP contribution is 2.27. The number of carbonyl (C=O) groups excluding carboxylic acids is 1. The predicted octanol–water partition coefficient (Wildman–Crippen LogP) is 2.35. The Morgan fingerprint density at radius 1 is 1.33 bits per heavy atom. The van der Waals surface area contributed by atoms with Crippen LogP contribution in [-0.2, 0) is 4.74 Å². The number of esters is 1. The summed E-state index contributed by atoms with van der Waals surface area (Å²) in [5, 5.41) is 18.3. The van der Waals surface area contributed by atoms with Crippen LogP contribution in [-0.4, -0.2) is 17.6 Å². The van der Waals surface area contributed by atoms with Crippen molar-refractivity contribution >= 4 is 27.6 Å². The summed E-state index contributed by atoms with van der Waals surface area (Å²) < 4.78 is 6.81. The number of nitrogens with zero attached hydrogens (tertiary/aromatic N) is 3. The first-order valence-electron chi connectivity index (χ1n) is 5.72. The minimum Gasteiger partial charge on any atom is -0.464 e. The zero-order valence-corrected chi connectivity index (χ0v) is 12.5. The zero-order valence-electron chi connectivity index (χ0n) is 10.9. The molecule has 2 N–H and O–H groups in total. The van der Waals surface area contributed by atoms with Gasteiger partial charge in [0.1, 0.15) is 12.1 Å². The molecule has 2 rings (SSSR count). The van der Waals surface area contributed by atoms with E-state index in [-0.39, 0.29) is 16.9 Å². The van der Waals surface area contributed by atoms with Crippen LogP contribution < -0.4 is 5.73 Å². The fourth-order valence-corrected chi connectivity index (χ4v) is 2.27. The Balaban J connectivity index is 2.79. The van der Waals surface area contributed by atoms with Gasteiger partial charge in [0, 0.05) is 10.7 Å².